The first kappa shape index (κ1) is 11.4. The van der Waals surface area contributed by atoms with Crippen LogP contribution in [0.15, 0.2) is 0 Å². The minimum Gasteiger partial charge on any atom is -0.378 e. The largest absolute Gasteiger partial charge is 0.378 e. The van der Waals surface area contributed by atoms with Crippen molar-refractivity contribution >= 4 is 0 Å². The minimum atomic E-state index is 0.559. The molecule has 1 heterocycles. The Kier molecular flexibility index (Phi) is 4.42. The van der Waals surface area contributed by atoms with Gasteiger partial charge in [0.2, 0.25) is 0 Å². The fourth-order valence-electron chi connectivity index (χ4n) is 2.29. The number of morpholine rings is 1. The lowest BCUT2D eigenvalue weighted by atomic mass is 10.2. The Morgan fingerprint density at radius 3 is 2.80 bits per heavy atom. The summed E-state index contributed by atoms with van der Waals surface area (Å²) in [6.07, 6.45) is 4.17. The van der Waals surface area contributed by atoms with E-state index < -0.39 is 0 Å². The molecule has 1 aliphatic carbocycles. The van der Waals surface area contributed by atoms with Crippen LogP contribution >= 0.6 is 0 Å². The van der Waals surface area contributed by atoms with Gasteiger partial charge in [-0.05, 0) is 31.7 Å². The molecular weight excluding hydrogens is 188 g/mol. The van der Waals surface area contributed by atoms with Crippen LogP contribution in [-0.4, -0.2) is 50.3 Å². The second-order valence-electron chi connectivity index (χ2n) is 4.93. The molecule has 1 unspecified atom stereocenters. The first-order valence-corrected chi connectivity index (χ1v) is 6.42. The van der Waals surface area contributed by atoms with E-state index in [1.165, 1.54) is 38.9 Å². The van der Waals surface area contributed by atoms with Crippen LogP contribution in [0.5, 0.6) is 0 Å². The van der Waals surface area contributed by atoms with Crippen molar-refractivity contribution in [3.05, 3.63) is 0 Å². The summed E-state index contributed by atoms with van der Waals surface area (Å²) in [5.41, 5.74) is 0. The average molecular weight is 212 g/mol. The summed E-state index contributed by atoms with van der Waals surface area (Å²) in [5.74, 6) is 1.00. The maximum absolute atomic E-state index is 5.49. The number of nitrogens with zero attached hydrogens (tertiary/aromatic N) is 1. The Bertz CT molecular complexity index is 176. The lowest BCUT2D eigenvalue weighted by Crippen LogP contribution is -2.49. The SMILES string of the molecule is CCCN(CC1CC1)CC1COCCN1. The van der Waals surface area contributed by atoms with Crippen molar-refractivity contribution in [3.63, 3.8) is 0 Å². The molecule has 2 rings (SSSR count). The standard InChI is InChI=1S/C12H24N2O/c1-2-6-14(8-11-3-4-11)9-12-10-15-7-5-13-12/h11-13H,2-10H2,1H3. The summed E-state index contributed by atoms with van der Waals surface area (Å²) in [4.78, 5) is 2.62. The van der Waals surface area contributed by atoms with Gasteiger partial charge < -0.3 is 15.0 Å². The van der Waals surface area contributed by atoms with Crippen LogP contribution in [0.2, 0.25) is 0 Å². The Morgan fingerprint density at radius 2 is 2.20 bits per heavy atom. The van der Waals surface area contributed by atoms with Crippen molar-refractivity contribution in [1.82, 2.24) is 10.2 Å². The fraction of sp³-hybridized carbons (Fsp3) is 1.00. The van der Waals surface area contributed by atoms with Crippen molar-refractivity contribution in [2.45, 2.75) is 32.2 Å². The first-order valence-electron chi connectivity index (χ1n) is 6.42. The molecule has 0 bridgehead atoms. The van der Waals surface area contributed by atoms with Gasteiger partial charge in [-0.1, -0.05) is 6.92 Å². The predicted molar refractivity (Wildman–Crippen MR) is 62.1 cm³/mol. The lowest BCUT2D eigenvalue weighted by molar-refractivity contribution is 0.0611. The number of hydrogen-bond donors (Lipinski definition) is 1. The summed E-state index contributed by atoms with van der Waals surface area (Å²) in [7, 11) is 0. The van der Waals surface area contributed by atoms with E-state index in [-0.39, 0.29) is 0 Å². The molecule has 0 aromatic heterocycles. The predicted octanol–water partition coefficient (Wildman–Crippen LogP) is 1.10. The minimum absolute atomic E-state index is 0.559. The van der Waals surface area contributed by atoms with Crippen molar-refractivity contribution in [1.29, 1.82) is 0 Å². The van der Waals surface area contributed by atoms with Crippen LogP contribution in [0.3, 0.4) is 0 Å². The van der Waals surface area contributed by atoms with Gasteiger partial charge in [0, 0.05) is 25.7 Å². The van der Waals surface area contributed by atoms with Gasteiger partial charge in [-0.25, -0.2) is 0 Å². The highest BCUT2D eigenvalue weighted by Gasteiger charge is 2.25. The quantitative estimate of drug-likeness (QED) is 0.713. The van der Waals surface area contributed by atoms with Gasteiger partial charge in [-0.3, -0.25) is 0 Å². The summed E-state index contributed by atoms with van der Waals surface area (Å²) < 4.78 is 5.49. The summed E-state index contributed by atoms with van der Waals surface area (Å²) in [6.45, 7) is 8.79. The number of rotatable bonds is 6. The molecule has 2 fully saturated rings. The van der Waals surface area contributed by atoms with Gasteiger partial charge in [-0.15, -0.1) is 0 Å². The Balaban J connectivity index is 1.70. The first-order chi connectivity index (χ1) is 7.38. The van der Waals surface area contributed by atoms with Crippen molar-refractivity contribution in [2.24, 2.45) is 5.92 Å². The lowest BCUT2D eigenvalue weighted by Gasteiger charge is -2.30. The topological polar surface area (TPSA) is 24.5 Å². The van der Waals surface area contributed by atoms with Gasteiger partial charge in [-0.2, -0.15) is 0 Å². The van der Waals surface area contributed by atoms with Gasteiger partial charge >= 0.3 is 0 Å². The molecule has 1 N–H and O–H groups in total. The molecule has 0 spiro atoms. The van der Waals surface area contributed by atoms with Crippen molar-refractivity contribution in [2.75, 3.05) is 39.4 Å². The van der Waals surface area contributed by atoms with Crippen LogP contribution in [0.1, 0.15) is 26.2 Å². The Labute approximate surface area is 93.2 Å². The highest BCUT2D eigenvalue weighted by Crippen LogP contribution is 2.29. The summed E-state index contributed by atoms with van der Waals surface area (Å²) in [5, 5.41) is 3.53. The highest BCUT2D eigenvalue weighted by molar-refractivity contribution is 4.80. The van der Waals surface area contributed by atoms with E-state index in [4.69, 9.17) is 4.74 Å². The van der Waals surface area contributed by atoms with Crippen LogP contribution in [0, 0.1) is 5.92 Å². The molecule has 1 saturated heterocycles. The molecule has 0 aromatic rings. The third kappa shape index (κ3) is 4.09. The maximum atomic E-state index is 5.49. The average Bonchev–Trinajstić information content (AvgIpc) is 3.03. The Morgan fingerprint density at radius 1 is 1.33 bits per heavy atom. The van der Waals surface area contributed by atoms with Gasteiger partial charge in [0.1, 0.15) is 0 Å². The molecule has 3 heteroatoms. The van der Waals surface area contributed by atoms with Crippen LogP contribution in [0.4, 0.5) is 0 Å². The van der Waals surface area contributed by atoms with E-state index in [1.54, 1.807) is 0 Å². The third-order valence-electron chi connectivity index (χ3n) is 3.23. The zero-order valence-electron chi connectivity index (χ0n) is 9.87. The molecule has 3 nitrogen and oxygen atoms in total. The number of hydrogen-bond acceptors (Lipinski definition) is 3. The van der Waals surface area contributed by atoms with E-state index in [1.807, 2.05) is 0 Å². The molecule has 0 aromatic carbocycles. The van der Waals surface area contributed by atoms with E-state index in [0.717, 1.165) is 25.7 Å². The Hall–Kier alpha value is -0.120. The second-order valence-corrected chi connectivity index (χ2v) is 4.93. The van der Waals surface area contributed by atoms with Gasteiger partial charge in [0.25, 0.3) is 0 Å². The number of nitrogens with one attached hydrogen (secondary N) is 1. The molecule has 0 amide bonds. The smallest absolute Gasteiger partial charge is 0.0632 e. The molecule has 0 radical (unpaired) electrons. The third-order valence-corrected chi connectivity index (χ3v) is 3.23. The van der Waals surface area contributed by atoms with E-state index in [0.29, 0.717) is 6.04 Å². The van der Waals surface area contributed by atoms with Gasteiger partial charge in [0.15, 0.2) is 0 Å². The molecule has 1 atom stereocenters. The maximum Gasteiger partial charge on any atom is 0.0632 e. The zero-order valence-corrected chi connectivity index (χ0v) is 9.87. The molecular formula is C12H24N2O. The van der Waals surface area contributed by atoms with E-state index in [9.17, 15) is 0 Å². The summed E-state index contributed by atoms with van der Waals surface area (Å²) in [6, 6.07) is 0.559. The molecule has 1 saturated carbocycles. The molecule has 88 valence electrons. The van der Waals surface area contributed by atoms with Crippen LogP contribution in [-0.2, 0) is 4.74 Å². The summed E-state index contributed by atoms with van der Waals surface area (Å²) >= 11 is 0. The molecule has 15 heavy (non-hydrogen) atoms. The van der Waals surface area contributed by atoms with Crippen LogP contribution in [0.25, 0.3) is 0 Å². The van der Waals surface area contributed by atoms with E-state index in [2.05, 4.69) is 17.1 Å². The van der Waals surface area contributed by atoms with E-state index >= 15 is 0 Å². The number of ether oxygens (including phenoxy) is 1. The zero-order chi connectivity index (χ0) is 10.5. The second kappa shape index (κ2) is 5.83. The van der Waals surface area contributed by atoms with Crippen LogP contribution < -0.4 is 5.32 Å². The fourth-order valence-corrected chi connectivity index (χ4v) is 2.29. The van der Waals surface area contributed by atoms with Gasteiger partial charge in [0.05, 0.1) is 13.2 Å². The highest BCUT2D eigenvalue weighted by atomic mass is 16.5. The monoisotopic (exact) mass is 212 g/mol. The van der Waals surface area contributed by atoms with Crippen molar-refractivity contribution in [3.8, 4) is 0 Å². The normalized spacial score (nSPS) is 27.2. The molecule has 2 aliphatic rings. The molecule has 1 aliphatic heterocycles. The van der Waals surface area contributed by atoms with Crippen molar-refractivity contribution < 1.29 is 4.74 Å².